The van der Waals surface area contributed by atoms with Crippen LogP contribution in [0.5, 0.6) is 0 Å². The minimum Gasteiger partial charge on any atom is -0.368 e. The van der Waals surface area contributed by atoms with Crippen molar-refractivity contribution in [3.63, 3.8) is 0 Å². The zero-order valence-corrected chi connectivity index (χ0v) is 17.5. The summed E-state index contributed by atoms with van der Waals surface area (Å²) >= 11 is 0. The lowest BCUT2D eigenvalue weighted by Crippen LogP contribution is -2.34. The van der Waals surface area contributed by atoms with Crippen molar-refractivity contribution in [2.45, 2.75) is 33.4 Å². The first kappa shape index (κ1) is 20.3. The van der Waals surface area contributed by atoms with Crippen LogP contribution in [0.3, 0.4) is 0 Å². The van der Waals surface area contributed by atoms with Crippen molar-refractivity contribution in [1.29, 1.82) is 0 Å². The van der Waals surface area contributed by atoms with Gasteiger partial charge >= 0.3 is 6.03 Å². The molecule has 3 aromatic rings. The van der Waals surface area contributed by atoms with Gasteiger partial charge in [0, 0.05) is 11.4 Å². The van der Waals surface area contributed by atoms with Gasteiger partial charge in [0.1, 0.15) is 6.04 Å². The molecule has 3 N–H and O–H groups in total. The van der Waals surface area contributed by atoms with E-state index in [4.69, 9.17) is 5.73 Å². The molecule has 0 aliphatic carbocycles. The van der Waals surface area contributed by atoms with E-state index in [1.165, 1.54) is 4.90 Å². The van der Waals surface area contributed by atoms with E-state index in [0.29, 0.717) is 5.69 Å². The second kappa shape index (κ2) is 8.02. The molecule has 0 radical (unpaired) electrons. The van der Waals surface area contributed by atoms with Gasteiger partial charge in [0.15, 0.2) is 5.82 Å². The van der Waals surface area contributed by atoms with E-state index in [1.807, 2.05) is 62.4 Å². The molecule has 2 heterocycles. The molecule has 3 amide bonds. The summed E-state index contributed by atoms with van der Waals surface area (Å²) in [5, 5.41) is 3.11. The van der Waals surface area contributed by atoms with Crippen molar-refractivity contribution in [1.82, 2.24) is 19.9 Å². The number of nitrogens with zero attached hydrogens (tertiary/aromatic N) is 5. The molecular formula is C22H23N7O2. The fraction of sp³-hybridized carbons (Fsp3) is 0.227. The van der Waals surface area contributed by atoms with Crippen molar-refractivity contribution >= 4 is 35.2 Å². The summed E-state index contributed by atoms with van der Waals surface area (Å²) in [4.78, 5) is 41.1. The fourth-order valence-corrected chi connectivity index (χ4v) is 3.45. The maximum absolute atomic E-state index is 13.0. The number of carbonyl (C=O) groups excluding carboxylic acids is 2. The maximum Gasteiger partial charge on any atom is 0.332 e. The number of urea groups is 1. The Hall–Kier alpha value is -4.01. The molecular weight excluding hydrogens is 394 g/mol. The summed E-state index contributed by atoms with van der Waals surface area (Å²) in [5.41, 5.74) is 9.42. The Kier molecular flexibility index (Phi) is 5.24. The lowest BCUT2D eigenvalue weighted by atomic mass is 10.2. The molecule has 0 unspecified atom stereocenters. The van der Waals surface area contributed by atoms with E-state index in [1.54, 1.807) is 6.92 Å². The highest BCUT2D eigenvalue weighted by Gasteiger charge is 2.43. The van der Waals surface area contributed by atoms with Crippen LogP contribution < -0.4 is 16.0 Å². The largest absolute Gasteiger partial charge is 0.368 e. The average molecular weight is 417 g/mol. The van der Waals surface area contributed by atoms with Crippen molar-refractivity contribution in [3.05, 3.63) is 65.5 Å². The molecule has 1 aliphatic heterocycles. The first-order valence-corrected chi connectivity index (χ1v) is 9.88. The first-order chi connectivity index (χ1) is 14.8. The third kappa shape index (κ3) is 4.02. The smallest absolute Gasteiger partial charge is 0.332 e. The molecule has 1 aromatic heterocycles. The molecule has 1 saturated heterocycles. The summed E-state index contributed by atoms with van der Waals surface area (Å²) in [6.45, 7) is 5.52. The number of aromatic nitrogens is 3. The Bertz CT molecular complexity index is 1150. The Labute approximate surface area is 179 Å². The molecule has 9 heteroatoms. The highest BCUT2D eigenvalue weighted by atomic mass is 16.2. The summed E-state index contributed by atoms with van der Waals surface area (Å²) in [6.07, 6.45) is 0. The number of nitrogens with one attached hydrogen (secondary N) is 1. The third-order valence-electron chi connectivity index (χ3n) is 5.15. The molecule has 1 fully saturated rings. The quantitative estimate of drug-likeness (QED) is 0.612. The number of hydrogen-bond acceptors (Lipinski definition) is 7. The summed E-state index contributed by atoms with van der Waals surface area (Å²) in [7, 11) is 0. The zero-order chi connectivity index (χ0) is 22.1. The summed E-state index contributed by atoms with van der Waals surface area (Å²) in [5.74, 6) is 0.157. The number of anilines is 4. The molecule has 0 saturated carbocycles. The molecule has 1 aliphatic rings. The number of nitrogen functional groups attached to an aromatic ring is 1. The van der Waals surface area contributed by atoms with Crippen molar-refractivity contribution < 1.29 is 9.59 Å². The van der Waals surface area contributed by atoms with Gasteiger partial charge in [-0.2, -0.15) is 15.0 Å². The van der Waals surface area contributed by atoms with Crippen molar-refractivity contribution in [2.75, 3.05) is 16.0 Å². The van der Waals surface area contributed by atoms with Gasteiger partial charge in [0.05, 0.1) is 6.54 Å². The number of rotatable bonds is 5. The predicted octanol–water partition coefficient (Wildman–Crippen LogP) is 3.17. The number of nitrogens with two attached hydrogens (primary N) is 1. The van der Waals surface area contributed by atoms with Crippen LogP contribution in [0.1, 0.15) is 23.9 Å². The van der Waals surface area contributed by atoms with Gasteiger partial charge in [-0.15, -0.1) is 0 Å². The Morgan fingerprint density at radius 1 is 1.00 bits per heavy atom. The first-order valence-electron chi connectivity index (χ1n) is 9.88. The number of amides is 3. The highest BCUT2D eigenvalue weighted by molar-refractivity contribution is 6.13. The maximum atomic E-state index is 13.0. The van der Waals surface area contributed by atoms with E-state index < -0.39 is 12.1 Å². The van der Waals surface area contributed by atoms with Crippen LogP contribution in [0.25, 0.3) is 0 Å². The number of imide groups is 1. The van der Waals surface area contributed by atoms with Gasteiger partial charge in [-0.3, -0.25) is 14.6 Å². The molecule has 4 rings (SSSR count). The number of benzene rings is 2. The van der Waals surface area contributed by atoms with Crippen LogP contribution in [-0.4, -0.2) is 37.8 Å². The van der Waals surface area contributed by atoms with E-state index in [0.717, 1.165) is 21.7 Å². The Morgan fingerprint density at radius 3 is 2.42 bits per heavy atom. The third-order valence-corrected chi connectivity index (χ3v) is 5.15. The van der Waals surface area contributed by atoms with Crippen LogP contribution in [-0.2, 0) is 11.3 Å². The standard InChI is InChI=1S/C22H23N7O2/c1-13-8-10-16(11-9-13)29-15(3)19(30)28(22(29)31)12-18-25-20(23)27-21(26-18)24-17-7-5-4-6-14(17)2/h4-11,15H,12H2,1-3H3,(H3,23,24,25,26,27)/t15-/m1/s1. The van der Waals surface area contributed by atoms with E-state index in [9.17, 15) is 9.59 Å². The van der Waals surface area contributed by atoms with Crippen LogP contribution in [0.15, 0.2) is 48.5 Å². The van der Waals surface area contributed by atoms with Gasteiger partial charge in [-0.1, -0.05) is 35.9 Å². The second-order valence-corrected chi connectivity index (χ2v) is 7.46. The van der Waals surface area contributed by atoms with E-state index in [-0.39, 0.29) is 30.2 Å². The van der Waals surface area contributed by atoms with Gasteiger partial charge < -0.3 is 11.1 Å². The molecule has 0 spiro atoms. The van der Waals surface area contributed by atoms with Crippen LogP contribution in [0.2, 0.25) is 0 Å². The zero-order valence-electron chi connectivity index (χ0n) is 17.5. The summed E-state index contributed by atoms with van der Waals surface area (Å²) in [6, 6.07) is 14.1. The van der Waals surface area contributed by atoms with Gasteiger partial charge in [-0.25, -0.2) is 4.79 Å². The SMILES string of the molecule is Cc1ccc(N2C(=O)N(Cc3nc(N)nc(Nc4ccccc4C)n3)C(=O)[C@H]2C)cc1. The fourth-order valence-electron chi connectivity index (χ4n) is 3.45. The highest BCUT2D eigenvalue weighted by Crippen LogP contribution is 2.27. The van der Waals surface area contributed by atoms with E-state index in [2.05, 4.69) is 20.3 Å². The van der Waals surface area contributed by atoms with Gasteiger partial charge in [-0.05, 0) is 44.5 Å². The van der Waals surface area contributed by atoms with Crippen LogP contribution in [0, 0.1) is 13.8 Å². The molecule has 1 atom stereocenters. The molecule has 9 nitrogen and oxygen atoms in total. The minimum atomic E-state index is -0.626. The number of hydrogen-bond donors (Lipinski definition) is 2. The number of aryl methyl sites for hydroxylation is 2. The summed E-state index contributed by atoms with van der Waals surface area (Å²) < 4.78 is 0. The predicted molar refractivity (Wildman–Crippen MR) is 118 cm³/mol. The minimum absolute atomic E-state index is 0.00335. The lowest BCUT2D eigenvalue weighted by molar-refractivity contribution is -0.127. The van der Waals surface area contributed by atoms with Crippen molar-refractivity contribution in [2.24, 2.45) is 0 Å². The molecule has 0 bridgehead atoms. The Morgan fingerprint density at radius 2 is 1.71 bits per heavy atom. The normalized spacial score (nSPS) is 16.2. The average Bonchev–Trinajstić information content (AvgIpc) is 2.93. The van der Waals surface area contributed by atoms with Crippen LogP contribution >= 0.6 is 0 Å². The van der Waals surface area contributed by atoms with Crippen molar-refractivity contribution in [3.8, 4) is 0 Å². The number of carbonyl (C=O) groups is 2. The second-order valence-electron chi connectivity index (χ2n) is 7.46. The van der Waals surface area contributed by atoms with Crippen LogP contribution in [0.4, 0.5) is 28.1 Å². The molecule has 2 aromatic carbocycles. The molecule has 158 valence electrons. The monoisotopic (exact) mass is 417 g/mol. The van der Waals surface area contributed by atoms with Gasteiger partial charge in [0.25, 0.3) is 5.91 Å². The molecule has 31 heavy (non-hydrogen) atoms. The Balaban J connectivity index is 1.58. The van der Waals surface area contributed by atoms with E-state index >= 15 is 0 Å². The topological polar surface area (TPSA) is 117 Å². The lowest BCUT2D eigenvalue weighted by Gasteiger charge is -2.19. The van der Waals surface area contributed by atoms with Gasteiger partial charge in [0.2, 0.25) is 11.9 Å². The number of para-hydroxylation sites is 1.